The van der Waals surface area contributed by atoms with Crippen molar-refractivity contribution in [1.29, 1.82) is 0 Å². The zero-order valence-corrected chi connectivity index (χ0v) is 12.2. The van der Waals surface area contributed by atoms with Crippen LogP contribution in [-0.2, 0) is 20.0 Å². The number of fused-ring (bicyclic) bond motifs is 2. The molecule has 1 atom stereocenters. The maximum absolute atomic E-state index is 12.4. The molecule has 0 radical (unpaired) electrons. The van der Waals surface area contributed by atoms with Crippen molar-refractivity contribution in [1.82, 2.24) is 24.8 Å². The molecule has 7 heteroatoms. The molecule has 0 amide bonds. The monoisotopic (exact) mass is 299 g/mol. The Labute approximate surface area is 124 Å². The third kappa shape index (κ3) is 2.04. The minimum absolute atomic E-state index is 0.121. The van der Waals surface area contributed by atoms with E-state index in [9.17, 15) is 4.79 Å². The van der Waals surface area contributed by atoms with Crippen molar-refractivity contribution in [2.24, 2.45) is 7.05 Å². The summed E-state index contributed by atoms with van der Waals surface area (Å²) in [6.45, 7) is 0.565. The number of benzene rings is 1. The zero-order valence-electron chi connectivity index (χ0n) is 11.4. The number of hydrogen-bond acceptors (Lipinski definition) is 5. The van der Waals surface area contributed by atoms with E-state index in [1.54, 1.807) is 29.7 Å². The van der Waals surface area contributed by atoms with Gasteiger partial charge in [-0.3, -0.25) is 4.79 Å². The second-order valence-corrected chi connectivity index (χ2v) is 6.48. The molecule has 0 aliphatic carbocycles. The van der Waals surface area contributed by atoms with Gasteiger partial charge in [0.15, 0.2) is 5.65 Å². The first-order valence-corrected chi connectivity index (χ1v) is 7.60. The Morgan fingerprint density at radius 2 is 2.24 bits per heavy atom. The van der Waals surface area contributed by atoms with Gasteiger partial charge in [0.25, 0.3) is 5.56 Å². The van der Waals surface area contributed by atoms with Crippen LogP contribution in [0.3, 0.4) is 0 Å². The Kier molecular flexibility index (Phi) is 2.81. The van der Waals surface area contributed by atoms with Crippen LogP contribution in [0.1, 0.15) is 5.56 Å². The summed E-state index contributed by atoms with van der Waals surface area (Å²) in [5.74, 6) is 0. The maximum atomic E-state index is 12.4. The van der Waals surface area contributed by atoms with E-state index in [0.717, 1.165) is 6.42 Å². The third-order valence-corrected chi connectivity index (χ3v) is 5.01. The van der Waals surface area contributed by atoms with E-state index < -0.39 is 0 Å². The maximum Gasteiger partial charge on any atom is 0.280 e. The summed E-state index contributed by atoms with van der Waals surface area (Å²) in [6.07, 6.45) is 2.51. The molecule has 21 heavy (non-hydrogen) atoms. The number of nitrogens with zero attached hydrogens (tertiary/aromatic N) is 5. The lowest BCUT2D eigenvalue weighted by atomic mass is 10.1. The van der Waals surface area contributed by atoms with Crippen LogP contribution in [0.2, 0.25) is 0 Å². The molecule has 1 aromatic carbocycles. The Hall–Kier alpha value is -2.15. The fourth-order valence-electron chi connectivity index (χ4n) is 2.64. The van der Waals surface area contributed by atoms with Crippen molar-refractivity contribution < 1.29 is 0 Å². The second-order valence-electron chi connectivity index (χ2n) is 5.13. The van der Waals surface area contributed by atoms with Gasteiger partial charge in [0.1, 0.15) is 5.39 Å². The van der Waals surface area contributed by atoms with E-state index in [0.29, 0.717) is 22.8 Å². The van der Waals surface area contributed by atoms with Crippen molar-refractivity contribution in [2.45, 2.75) is 23.1 Å². The summed E-state index contributed by atoms with van der Waals surface area (Å²) in [5, 5.41) is 13.0. The van der Waals surface area contributed by atoms with Crippen LogP contribution in [0.4, 0.5) is 0 Å². The second kappa shape index (κ2) is 4.70. The van der Waals surface area contributed by atoms with Crippen molar-refractivity contribution in [2.75, 3.05) is 0 Å². The van der Waals surface area contributed by atoms with Gasteiger partial charge in [-0.1, -0.05) is 23.4 Å². The highest BCUT2D eigenvalue weighted by Crippen LogP contribution is 2.37. The molecule has 0 bridgehead atoms. The molecule has 1 aliphatic heterocycles. The smallest absolute Gasteiger partial charge is 0.267 e. The van der Waals surface area contributed by atoms with E-state index in [-0.39, 0.29) is 5.56 Å². The molecule has 0 saturated carbocycles. The van der Waals surface area contributed by atoms with Gasteiger partial charge in [-0.15, -0.1) is 16.9 Å². The van der Waals surface area contributed by atoms with E-state index in [2.05, 4.69) is 33.6 Å². The lowest BCUT2D eigenvalue weighted by Crippen LogP contribution is -2.28. The molecule has 3 aromatic rings. The van der Waals surface area contributed by atoms with Gasteiger partial charge in [0.2, 0.25) is 0 Å². The van der Waals surface area contributed by atoms with Crippen molar-refractivity contribution in [3.05, 3.63) is 46.4 Å². The van der Waals surface area contributed by atoms with Gasteiger partial charge >= 0.3 is 0 Å². The fourth-order valence-corrected chi connectivity index (χ4v) is 3.94. The number of rotatable bonds is 2. The average molecular weight is 299 g/mol. The minimum Gasteiger partial charge on any atom is -0.267 e. The third-order valence-electron chi connectivity index (χ3n) is 3.71. The first kappa shape index (κ1) is 12.6. The Morgan fingerprint density at radius 3 is 3.10 bits per heavy atom. The SMILES string of the molecule is Cn1ncc2c(=O)n(CC3Cc4ccccc4S3)nnc21. The van der Waals surface area contributed by atoms with E-state index >= 15 is 0 Å². The molecule has 0 saturated heterocycles. The molecule has 1 unspecified atom stereocenters. The summed E-state index contributed by atoms with van der Waals surface area (Å²) < 4.78 is 3.02. The van der Waals surface area contributed by atoms with E-state index in [1.165, 1.54) is 15.1 Å². The molecule has 6 nitrogen and oxygen atoms in total. The van der Waals surface area contributed by atoms with Gasteiger partial charge in [-0.05, 0) is 18.1 Å². The van der Waals surface area contributed by atoms with Crippen LogP contribution >= 0.6 is 11.8 Å². The van der Waals surface area contributed by atoms with E-state index in [4.69, 9.17) is 0 Å². The predicted octanol–water partition coefficient (Wildman–Crippen LogP) is 1.24. The molecule has 106 valence electrons. The van der Waals surface area contributed by atoms with Crippen LogP contribution in [0.15, 0.2) is 40.2 Å². The highest BCUT2D eigenvalue weighted by Gasteiger charge is 2.23. The molecular weight excluding hydrogens is 286 g/mol. The van der Waals surface area contributed by atoms with Gasteiger partial charge < -0.3 is 0 Å². The van der Waals surface area contributed by atoms with Gasteiger partial charge in [-0.2, -0.15) is 5.10 Å². The summed E-state index contributed by atoms with van der Waals surface area (Å²) in [5.41, 5.74) is 1.75. The highest BCUT2D eigenvalue weighted by molar-refractivity contribution is 8.00. The molecule has 0 fully saturated rings. The first-order valence-electron chi connectivity index (χ1n) is 6.72. The van der Waals surface area contributed by atoms with Crippen molar-refractivity contribution >= 4 is 22.8 Å². The molecule has 3 heterocycles. The molecular formula is C14H13N5OS. The predicted molar refractivity (Wildman–Crippen MR) is 80.4 cm³/mol. The van der Waals surface area contributed by atoms with Crippen LogP contribution in [0.25, 0.3) is 11.0 Å². The summed E-state index contributed by atoms with van der Waals surface area (Å²) in [4.78, 5) is 13.7. The number of aryl methyl sites for hydroxylation is 1. The number of aromatic nitrogens is 5. The van der Waals surface area contributed by atoms with Crippen molar-refractivity contribution in [3.63, 3.8) is 0 Å². The van der Waals surface area contributed by atoms with Crippen LogP contribution in [0.5, 0.6) is 0 Å². The Morgan fingerprint density at radius 1 is 1.38 bits per heavy atom. The Bertz CT molecular complexity index is 859. The highest BCUT2D eigenvalue weighted by atomic mass is 32.2. The molecule has 0 spiro atoms. The molecule has 1 aliphatic rings. The quantitative estimate of drug-likeness (QED) is 0.712. The largest absolute Gasteiger partial charge is 0.280 e. The van der Waals surface area contributed by atoms with Gasteiger partial charge in [-0.25, -0.2) is 9.36 Å². The average Bonchev–Trinajstić information content (AvgIpc) is 3.06. The lowest BCUT2D eigenvalue weighted by Gasteiger charge is -2.09. The van der Waals surface area contributed by atoms with Crippen molar-refractivity contribution in [3.8, 4) is 0 Å². The topological polar surface area (TPSA) is 65.6 Å². The van der Waals surface area contributed by atoms with Crippen LogP contribution < -0.4 is 5.56 Å². The van der Waals surface area contributed by atoms with Gasteiger partial charge in [0, 0.05) is 17.2 Å². The lowest BCUT2D eigenvalue weighted by molar-refractivity contribution is 0.534. The Balaban J connectivity index is 1.64. The number of hydrogen-bond donors (Lipinski definition) is 0. The van der Waals surface area contributed by atoms with E-state index in [1.807, 2.05) is 6.07 Å². The van der Waals surface area contributed by atoms with Crippen LogP contribution in [0, 0.1) is 0 Å². The van der Waals surface area contributed by atoms with Crippen LogP contribution in [-0.4, -0.2) is 30.0 Å². The molecule has 0 N–H and O–H groups in total. The minimum atomic E-state index is -0.121. The standard InChI is InChI=1S/C14H13N5OS/c1-18-13-11(7-15-18)14(20)19(17-16-13)8-10-6-9-4-2-3-5-12(9)21-10/h2-5,7,10H,6,8H2,1H3. The number of thioether (sulfide) groups is 1. The molecule has 2 aromatic heterocycles. The fraction of sp³-hybridized carbons (Fsp3) is 0.286. The first-order chi connectivity index (χ1) is 10.2. The zero-order chi connectivity index (χ0) is 14.4. The summed E-state index contributed by atoms with van der Waals surface area (Å²) in [7, 11) is 1.75. The summed E-state index contributed by atoms with van der Waals surface area (Å²) in [6, 6.07) is 8.36. The van der Waals surface area contributed by atoms with Gasteiger partial charge in [0.05, 0.1) is 12.7 Å². The molecule has 4 rings (SSSR count). The summed E-state index contributed by atoms with van der Waals surface area (Å²) >= 11 is 1.80. The normalized spacial score (nSPS) is 17.3.